The maximum absolute atomic E-state index is 13.6. The molecule has 1 fully saturated rings. The summed E-state index contributed by atoms with van der Waals surface area (Å²) in [5.41, 5.74) is 6.69. The third-order valence-corrected chi connectivity index (χ3v) is 8.76. The van der Waals surface area contributed by atoms with Crippen LogP contribution in [0.15, 0.2) is 104 Å². The van der Waals surface area contributed by atoms with Crippen LogP contribution >= 0.6 is 27.3 Å². The topological polar surface area (TPSA) is 69.0 Å². The molecule has 8 nitrogen and oxygen atoms in total. The summed E-state index contributed by atoms with van der Waals surface area (Å²) in [6, 6.07) is 26.2. The quantitative estimate of drug-likeness (QED) is 0.210. The monoisotopic (exact) mass is 642 g/mol. The zero-order valence-electron chi connectivity index (χ0n) is 23.7. The second kappa shape index (κ2) is 12.1. The Hall–Kier alpha value is -3.99. The smallest absolute Gasteiger partial charge is 0.297 e. The van der Waals surface area contributed by atoms with E-state index in [1.54, 1.807) is 4.68 Å². The van der Waals surface area contributed by atoms with Crippen LogP contribution in [0.4, 0.5) is 11.4 Å². The molecule has 6 rings (SSSR count). The van der Waals surface area contributed by atoms with Gasteiger partial charge in [0.2, 0.25) is 4.80 Å². The summed E-state index contributed by atoms with van der Waals surface area (Å²) in [6.45, 7) is 7.19. The number of benzene rings is 3. The SMILES string of the molecule is CC(=Nn1c(-c2cccc(Br)c2)csc1=Nc1c(C)n(C)n(-c2ccccc2)c1=O)c1ccc(N2CCOCC2)cc1. The van der Waals surface area contributed by atoms with Crippen LogP contribution in [0.25, 0.3) is 16.9 Å². The van der Waals surface area contributed by atoms with Crippen LogP contribution in [-0.4, -0.2) is 46.1 Å². The fourth-order valence-corrected chi connectivity index (χ4v) is 6.28. The van der Waals surface area contributed by atoms with Crippen LogP contribution < -0.4 is 15.3 Å². The van der Waals surface area contributed by atoms with E-state index >= 15 is 0 Å². The lowest BCUT2D eigenvalue weighted by atomic mass is 10.1. The number of ether oxygens (including phenoxy) is 1. The van der Waals surface area contributed by atoms with Crippen LogP contribution in [0, 0.1) is 6.92 Å². The summed E-state index contributed by atoms with van der Waals surface area (Å²) in [5.74, 6) is 0. The Kier molecular flexibility index (Phi) is 8.10. The molecule has 0 unspecified atom stereocenters. The van der Waals surface area contributed by atoms with Crippen molar-refractivity contribution in [2.75, 3.05) is 31.2 Å². The molecular formula is C32H31BrN6O2S. The van der Waals surface area contributed by atoms with E-state index in [2.05, 4.69) is 51.2 Å². The number of anilines is 1. The van der Waals surface area contributed by atoms with Crippen LogP contribution in [0.5, 0.6) is 0 Å². The van der Waals surface area contributed by atoms with Gasteiger partial charge in [0.25, 0.3) is 5.56 Å². The van der Waals surface area contributed by atoms with Gasteiger partial charge in [-0.1, -0.05) is 58.4 Å². The van der Waals surface area contributed by atoms with Gasteiger partial charge in [-0.05, 0) is 55.8 Å². The molecule has 3 heterocycles. The first-order chi connectivity index (χ1) is 20.4. The highest BCUT2D eigenvalue weighted by Crippen LogP contribution is 2.25. The first-order valence-electron chi connectivity index (χ1n) is 13.7. The Morgan fingerprint density at radius 2 is 1.69 bits per heavy atom. The molecule has 0 N–H and O–H groups in total. The van der Waals surface area contributed by atoms with Gasteiger partial charge < -0.3 is 9.64 Å². The number of para-hydroxylation sites is 1. The molecule has 0 atom stereocenters. The van der Waals surface area contributed by atoms with Gasteiger partial charge in [-0.15, -0.1) is 11.3 Å². The zero-order valence-corrected chi connectivity index (χ0v) is 26.1. The molecule has 0 spiro atoms. The minimum Gasteiger partial charge on any atom is -0.378 e. The Bertz CT molecular complexity index is 1880. The standard InChI is InChI=1S/C32H31BrN6O2S/c1-22(24-12-14-27(15-13-24)37-16-18-41-19-17-37)35-38-29(25-8-7-9-26(33)20-25)21-42-32(38)34-30-23(2)36(3)39(31(30)40)28-10-5-4-6-11-28/h4-15,20-21H,16-19H2,1-3H3. The second-order valence-corrected chi connectivity index (χ2v) is 11.8. The fourth-order valence-electron chi connectivity index (χ4n) is 5.04. The lowest BCUT2D eigenvalue weighted by Gasteiger charge is -2.28. The molecule has 0 bridgehead atoms. The first-order valence-corrected chi connectivity index (χ1v) is 15.4. The highest BCUT2D eigenvalue weighted by atomic mass is 79.9. The molecule has 42 heavy (non-hydrogen) atoms. The van der Waals surface area contributed by atoms with Crippen molar-refractivity contribution in [3.8, 4) is 16.9 Å². The highest BCUT2D eigenvalue weighted by molar-refractivity contribution is 9.10. The van der Waals surface area contributed by atoms with Gasteiger partial charge in [0, 0.05) is 41.2 Å². The molecule has 10 heteroatoms. The molecule has 3 aromatic carbocycles. The van der Waals surface area contributed by atoms with E-state index in [0.717, 1.165) is 64.7 Å². The largest absolute Gasteiger partial charge is 0.378 e. The molecule has 0 aliphatic carbocycles. The Labute approximate surface area is 256 Å². The third kappa shape index (κ3) is 5.57. The molecule has 1 saturated heterocycles. The van der Waals surface area contributed by atoms with Crippen molar-refractivity contribution in [3.63, 3.8) is 0 Å². The number of halogens is 1. The van der Waals surface area contributed by atoms with Crippen molar-refractivity contribution >= 4 is 44.4 Å². The molecular weight excluding hydrogens is 612 g/mol. The number of hydrogen-bond donors (Lipinski definition) is 0. The average molecular weight is 644 g/mol. The third-order valence-electron chi connectivity index (χ3n) is 7.45. The van der Waals surface area contributed by atoms with Gasteiger partial charge in [-0.2, -0.15) is 5.10 Å². The van der Waals surface area contributed by atoms with Crippen LogP contribution in [0.3, 0.4) is 0 Å². The van der Waals surface area contributed by atoms with Crippen molar-refractivity contribution in [1.82, 2.24) is 14.0 Å². The van der Waals surface area contributed by atoms with E-state index in [9.17, 15) is 4.79 Å². The van der Waals surface area contributed by atoms with Crippen molar-refractivity contribution in [2.45, 2.75) is 13.8 Å². The summed E-state index contributed by atoms with van der Waals surface area (Å²) in [5, 5.41) is 7.10. The summed E-state index contributed by atoms with van der Waals surface area (Å²) in [6.07, 6.45) is 0. The van der Waals surface area contributed by atoms with E-state index in [4.69, 9.17) is 14.8 Å². The van der Waals surface area contributed by atoms with Crippen molar-refractivity contribution in [1.29, 1.82) is 0 Å². The maximum Gasteiger partial charge on any atom is 0.297 e. The highest BCUT2D eigenvalue weighted by Gasteiger charge is 2.17. The number of rotatable bonds is 6. The first kappa shape index (κ1) is 28.1. The van der Waals surface area contributed by atoms with Gasteiger partial charge in [0.1, 0.15) is 0 Å². The number of nitrogens with zero attached hydrogens (tertiary/aromatic N) is 6. The van der Waals surface area contributed by atoms with E-state index < -0.39 is 0 Å². The molecule has 1 aliphatic heterocycles. The van der Waals surface area contributed by atoms with Gasteiger partial charge >= 0.3 is 0 Å². The summed E-state index contributed by atoms with van der Waals surface area (Å²) in [7, 11) is 1.88. The lowest BCUT2D eigenvalue weighted by molar-refractivity contribution is 0.122. The van der Waals surface area contributed by atoms with Gasteiger partial charge in [-0.3, -0.25) is 9.48 Å². The van der Waals surface area contributed by atoms with E-state index in [-0.39, 0.29) is 5.56 Å². The average Bonchev–Trinajstić information content (AvgIpc) is 3.51. The van der Waals surface area contributed by atoms with Gasteiger partial charge in [0.15, 0.2) is 5.69 Å². The number of morpholine rings is 1. The molecule has 0 radical (unpaired) electrons. The molecule has 1 aliphatic rings. The molecule has 5 aromatic rings. The zero-order chi connectivity index (χ0) is 29.2. The van der Waals surface area contributed by atoms with Crippen LogP contribution in [0.1, 0.15) is 18.2 Å². The Morgan fingerprint density at radius 1 is 0.952 bits per heavy atom. The van der Waals surface area contributed by atoms with Crippen molar-refractivity contribution in [2.24, 2.45) is 17.1 Å². The second-order valence-electron chi connectivity index (χ2n) is 10.1. The summed E-state index contributed by atoms with van der Waals surface area (Å²) >= 11 is 5.06. The predicted octanol–water partition coefficient (Wildman–Crippen LogP) is 6.12. The minimum absolute atomic E-state index is 0.176. The Balaban J connectivity index is 1.46. The van der Waals surface area contributed by atoms with Crippen LogP contribution in [-0.2, 0) is 11.8 Å². The van der Waals surface area contributed by atoms with E-state index in [1.165, 1.54) is 17.0 Å². The normalized spacial score (nSPS) is 14.5. The summed E-state index contributed by atoms with van der Waals surface area (Å²) in [4.78, 5) is 21.5. The predicted molar refractivity (Wildman–Crippen MR) is 173 cm³/mol. The molecule has 0 saturated carbocycles. The molecule has 2 aromatic heterocycles. The molecule has 0 amide bonds. The lowest BCUT2D eigenvalue weighted by Crippen LogP contribution is -2.36. The number of hydrogen-bond acceptors (Lipinski definition) is 6. The van der Waals surface area contributed by atoms with Gasteiger partial charge in [-0.25, -0.2) is 14.4 Å². The summed E-state index contributed by atoms with van der Waals surface area (Å²) < 4.78 is 11.8. The van der Waals surface area contributed by atoms with E-state index in [1.807, 2.05) is 84.2 Å². The minimum atomic E-state index is -0.176. The number of aromatic nitrogens is 3. The maximum atomic E-state index is 13.6. The van der Waals surface area contributed by atoms with E-state index in [0.29, 0.717) is 10.5 Å². The Morgan fingerprint density at radius 3 is 2.40 bits per heavy atom. The van der Waals surface area contributed by atoms with Crippen molar-refractivity contribution in [3.05, 3.63) is 115 Å². The number of thiazole rings is 1. The molecule has 214 valence electrons. The van der Waals surface area contributed by atoms with Crippen LogP contribution in [0.2, 0.25) is 0 Å². The van der Waals surface area contributed by atoms with Crippen molar-refractivity contribution < 1.29 is 4.74 Å². The van der Waals surface area contributed by atoms with Gasteiger partial charge in [0.05, 0.1) is 36.0 Å². The fraction of sp³-hybridized carbons (Fsp3) is 0.219.